The van der Waals surface area contributed by atoms with E-state index in [0.29, 0.717) is 31.3 Å². The second kappa shape index (κ2) is 11.6. The van der Waals surface area contributed by atoms with Crippen LogP contribution in [-0.4, -0.2) is 27.0 Å². The molecule has 3 heterocycles. The standard InChI is InChI=1S/C31H23Cl2N3O4S2/c1-16(2)17-7-9-18(10-8-17)26-25(27(37)24-13-19-5-3-4-6-23(19)40-24)28(38)29(39)36(26)30-34-35-31(42-30)41-15-20-11-12-21(32)14-22(20)33/h3-14,16,26,38H,15H2,1-2H3. The molecule has 5 aromatic rings. The zero-order valence-corrected chi connectivity index (χ0v) is 25.5. The molecule has 2 aromatic heterocycles. The van der Waals surface area contributed by atoms with Crippen molar-refractivity contribution in [3.63, 3.8) is 0 Å². The highest BCUT2D eigenvalue weighted by atomic mass is 35.5. The van der Waals surface area contributed by atoms with Crippen LogP contribution in [0.1, 0.15) is 53.1 Å². The van der Waals surface area contributed by atoms with Crippen molar-refractivity contribution in [2.45, 2.75) is 35.9 Å². The number of aliphatic hydroxyl groups excluding tert-OH is 1. The summed E-state index contributed by atoms with van der Waals surface area (Å²) >= 11 is 14.9. The molecule has 0 saturated heterocycles. The summed E-state index contributed by atoms with van der Waals surface area (Å²) in [7, 11) is 0. The van der Waals surface area contributed by atoms with Gasteiger partial charge in [0, 0.05) is 21.2 Å². The Morgan fingerprint density at radius 3 is 2.55 bits per heavy atom. The smallest absolute Gasteiger partial charge is 0.296 e. The molecule has 1 amide bonds. The number of furan rings is 1. The number of amides is 1. The van der Waals surface area contributed by atoms with Crippen LogP contribution in [0.2, 0.25) is 10.0 Å². The lowest BCUT2D eigenvalue weighted by molar-refractivity contribution is -0.117. The Bertz CT molecular complexity index is 1830. The third-order valence-corrected chi connectivity index (χ3v) is 9.68. The van der Waals surface area contributed by atoms with E-state index in [1.165, 1.54) is 28.0 Å². The fourth-order valence-corrected chi connectivity index (χ4v) is 7.20. The Morgan fingerprint density at radius 2 is 1.83 bits per heavy atom. The van der Waals surface area contributed by atoms with E-state index in [2.05, 4.69) is 24.0 Å². The molecule has 42 heavy (non-hydrogen) atoms. The number of halogens is 2. The number of aliphatic hydroxyl groups is 1. The molecule has 0 aliphatic carbocycles. The number of hydrogen-bond acceptors (Lipinski definition) is 8. The molecular formula is C31H23Cl2N3O4S2. The van der Waals surface area contributed by atoms with Crippen molar-refractivity contribution in [1.82, 2.24) is 10.2 Å². The average molecular weight is 637 g/mol. The summed E-state index contributed by atoms with van der Waals surface area (Å²) in [5.41, 5.74) is 3.08. The summed E-state index contributed by atoms with van der Waals surface area (Å²) in [4.78, 5) is 28.8. The molecule has 6 rings (SSSR count). The summed E-state index contributed by atoms with van der Waals surface area (Å²) in [6, 6.07) is 20.9. The van der Waals surface area contributed by atoms with Gasteiger partial charge in [0.2, 0.25) is 10.9 Å². The number of benzene rings is 3. The van der Waals surface area contributed by atoms with Crippen molar-refractivity contribution < 1.29 is 19.1 Å². The van der Waals surface area contributed by atoms with Crippen LogP contribution in [0.25, 0.3) is 11.0 Å². The number of nitrogens with zero attached hydrogens (tertiary/aromatic N) is 3. The predicted octanol–water partition coefficient (Wildman–Crippen LogP) is 8.79. The third kappa shape index (κ3) is 5.33. The van der Waals surface area contributed by atoms with Gasteiger partial charge in [0.25, 0.3) is 5.91 Å². The van der Waals surface area contributed by atoms with E-state index in [1.54, 1.807) is 24.3 Å². The van der Waals surface area contributed by atoms with Gasteiger partial charge < -0.3 is 9.52 Å². The van der Waals surface area contributed by atoms with Crippen LogP contribution in [0.15, 0.2) is 92.9 Å². The second-order valence-corrected chi connectivity index (χ2v) is 13.0. The quantitative estimate of drug-likeness (QED) is 0.103. The Labute approximate surface area is 259 Å². The summed E-state index contributed by atoms with van der Waals surface area (Å²) in [5.74, 6) is -1.12. The molecule has 7 nitrogen and oxygen atoms in total. The lowest BCUT2D eigenvalue weighted by Crippen LogP contribution is -2.31. The molecule has 0 bridgehead atoms. The van der Waals surface area contributed by atoms with Gasteiger partial charge in [-0.15, -0.1) is 10.2 Å². The van der Waals surface area contributed by atoms with E-state index < -0.39 is 23.5 Å². The fourth-order valence-electron chi connectivity index (χ4n) is 4.78. The number of carbonyl (C=O) groups is 2. The number of Topliss-reactive ketones (excluding diaryl/α,β-unsaturated/α-hetero) is 1. The van der Waals surface area contributed by atoms with Crippen molar-refractivity contribution in [3.8, 4) is 0 Å². The van der Waals surface area contributed by atoms with Gasteiger partial charge >= 0.3 is 0 Å². The van der Waals surface area contributed by atoms with Gasteiger partial charge in [-0.1, -0.05) is 109 Å². The number of thioether (sulfide) groups is 1. The first-order valence-electron chi connectivity index (χ1n) is 13.0. The first-order chi connectivity index (χ1) is 20.2. The van der Waals surface area contributed by atoms with Crippen LogP contribution in [0.4, 0.5) is 5.13 Å². The minimum atomic E-state index is -0.934. The largest absolute Gasteiger partial charge is 0.503 e. The molecule has 212 valence electrons. The van der Waals surface area contributed by atoms with Gasteiger partial charge in [-0.2, -0.15) is 0 Å². The molecule has 11 heteroatoms. The predicted molar refractivity (Wildman–Crippen MR) is 167 cm³/mol. The van der Waals surface area contributed by atoms with E-state index in [4.69, 9.17) is 27.6 Å². The van der Waals surface area contributed by atoms with Gasteiger partial charge in [-0.25, -0.2) is 0 Å². The molecule has 1 unspecified atom stereocenters. The van der Waals surface area contributed by atoms with E-state index >= 15 is 0 Å². The number of anilines is 1. The monoisotopic (exact) mass is 635 g/mol. The van der Waals surface area contributed by atoms with Crippen molar-refractivity contribution in [2.75, 3.05) is 4.90 Å². The number of aromatic nitrogens is 2. The lowest BCUT2D eigenvalue weighted by atomic mass is 9.93. The highest BCUT2D eigenvalue weighted by molar-refractivity contribution is 8.00. The fraction of sp³-hybridized carbons (Fsp3) is 0.161. The summed E-state index contributed by atoms with van der Waals surface area (Å²) in [6.07, 6.45) is 0. The topological polar surface area (TPSA) is 96.5 Å². The number of carbonyl (C=O) groups excluding carboxylic acids is 2. The molecule has 1 aliphatic rings. The van der Waals surface area contributed by atoms with Gasteiger partial charge in [0.15, 0.2) is 15.9 Å². The summed E-state index contributed by atoms with van der Waals surface area (Å²) < 4.78 is 6.42. The first-order valence-corrected chi connectivity index (χ1v) is 15.6. The van der Waals surface area contributed by atoms with Crippen molar-refractivity contribution >= 4 is 74.1 Å². The Balaban J connectivity index is 1.36. The van der Waals surface area contributed by atoms with Crippen LogP contribution in [-0.2, 0) is 10.5 Å². The van der Waals surface area contributed by atoms with Crippen LogP contribution in [0.3, 0.4) is 0 Å². The molecule has 3 aromatic carbocycles. The van der Waals surface area contributed by atoms with Crippen molar-refractivity contribution in [1.29, 1.82) is 0 Å². The van der Waals surface area contributed by atoms with Gasteiger partial charge in [-0.05, 0) is 46.9 Å². The van der Waals surface area contributed by atoms with Gasteiger partial charge in [0.05, 0.1) is 11.6 Å². The van der Waals surface area contributed by atoms with E-state index in [1.807, 2.05) is 48.5 Å². The Kier molecular flexibility index (Phi) is 7.85. The lowest BCUT2D eigenvalue weighted by Gasteiger charge is -2.24. The maximum Gasteiger partial charge on any atom is 0.296 e. The number of para-hydroxylation sites is 1. The second-order valence-electron chi connectivity index (χ2n) is 10.0. The maximum atomic E-state index is 13.9. The highest BCUT2D eigenvalue weighted by Crippen LogP contribution is 2.44. The van der Waals surface area contributed by atoms with Crippen LogP contribution in [0.5, 0.6) is 0 Å². The molecular weight excluding hydrogens is 613 g/mol. The minimum absolute atomic E-state index is 0.0320. The molecule has 0 spiro atoms. The van der Waals surface area contributed by atoms with Gasteiger partial charge in [-0.3, -0.25) is 14.5 Å². The first kappa shape index (κ1) is 28.5. The molecule has 0 fully saturated rings. The molecule has 1 atom stereocenters. The van der Waals surface area contributed by atoms with Crippen LogP contribution < -0.4 is 4.90 Å². The average Bonchev–Trinajstić information content (AvgIpc) is 3.69. The molecule has 1 aliphatic heterocycles. The maximum absolute atomic E-state index is 13.9. The van der Waals surface area contributed by atoms with Gasteiger partial charge in [0.1, 0.15) is 5.58 Å². The zero-order valence-electron chi connectivity index (χ0n) is 22.4. The third-order valence-electron chi connectivity index (χ3n) is 6.99. The number of ketones is 1. The van der Waals surface area contributed by atoms with Crippen LogP contribution in [0, 0.1) is 0 Å². The SMILES string of the molecule is CC(C)c1ccc(C2C(C(=O)c3cc4ccccc4o3)=C(O)C(=O)N2c2nnc(SCc3ccc(Cl)cc3Cl)s2)cc1. The molecule has 1 N–H and O–H groups in total. The van der Waals surface area contributed by atoms with Crippen molar-refractivity contribution in [3.05, 3.63) is 117 Å². The normalized spacial score (nSPS) is 15.4. The Hall–Kier alpha value is -3.63. The Morgan fingerprint density at radius 1 is 1.07 bits per heavy atom. The van der Waals surface area contributed by atoms with Crippen LogP contribution >= 0.6 is 46.3 Å². The summed E-state index contributed by atoms with van der Waals surface area (Å²) in [6.45, 7) is 4.17. The number of fused-ring (bicyclic) bond motifs is 1. The zero-order chi connectivity index (χ0) is 29.5. The highest BCUT2D eigenvalue weighted by Gasteiger charge is 2.46. The van der Waals surface area contributed by atoms with E-state index in [-0.39, 0.29) is 22.4 Å². The minimum Gasteiger partial charge on any atom is -0.503 e. The number of hydrogen-bond donors (Lipinski definition) is 1. The molecule has 0 saturated carbocycles. The van der Waals surface area contributed by atoms with E-state index in [0.717, 1.165) is 16.5 Å². The van der Waals surface area contributed by atoms with Crippen molar-refractivity contribution in [2.24, 2.45) is 0 Å². The van der Waals surface area contributed by atoms with E-state index in [9.17, 15) is 14.7 Å². The molecule has 0 radical (unpaired) electrons. The number of rotatable bonds is 8. The summed E-state index contributed by atoms with van der Waals surface area (Å²) in [5, 5.41) is 21.8.